The van der Waals surface area contributed by atoms with Gasteiger partial charge in [-0.05, 0) is 38.5 Å². The van der Waals surface area contributed by atoms with Gasteiger partial charge < -0.3 is 18.9 Å². The number of ether oxygens (including phenoxy) is 4. The fourth-order valence-electron chi connectivity index (χ4n) is 3.29. The van der Waals surface area contributed by atoms with Crippen molar-refractivity contribution in [2.75, 3.05) is 6.61 Å². The number of nitro groups is 1. The van der Waals surface area contributed by atoms with Crippen LogP contribution in [0.3, 0.4) is 0 Å². The summed E-state index contributed by atoms with van der Waals surface area (Å²) in [6.07, 6.45) is -3.05. The molecule has 1 heterocycles. The maximum atomic E-state index is 12.8. The first-order chi connectivity index (χ1) is 14.7. The number of nitrogens with zero attached hydrogens (tertiary/aromatic N) is 1. The van der Waals surface area contributed by atoms with Gasteiger partial charge in [0.15, 0.2) is 18.0 Å². The lowest BCUT2D eigenvalue weighted by molar-refractivity contribution is -0.384. The van der Waals surface area contributed by atoms with E-state index in [-0.39, 0.29) is 17.9 Å². The van der Waals surface area contributed by atoms with Crippen LogP contribution in [0.25, 0.3) is 0 Å². The van der Waals surface area contributed by atoms with Crippen LogP contribution < -0.4 is 0 Å². The molecule has 9 heteroatoms. The normalized spacial score (nSPS) is 20.6. The highest BCUT2D eigenvalue weighted by atomic mass is 16.8. The Balaban J connectivity index is 1.92. The van der Waals surface area contributed by atoms with Crippen LogP contribution in [-0.4, -0.2) is 41.5 Å². The van der Waals surface area contributed by atoms with E-state index in [2.05, 4.69) is 0 Å². The number of carbonyl (C=O) groups excluding carboxylic acids is 2. The Morgan fingerprint density at radius 1 is 1.10 bits per heavy atom. The molecule has 0 amide bonds. The smallest absolute Gasteiger partial charge is 0.338 e. The lowest BCUT2D eigenvalue weighted by Crippen LogP contribution is -2.38. The van der Waals surface area contributed by atoms with Crippen molar-refractivity contribution in [1.29, 1.82) is 0 Å². The Morgan fingerprint density at radius 2 is 1.74 bits per heavy atom. The maximum absolute atomic E-state index is 12.8. The molecule has 0 aromatic heterocycles. The molecular formula is C22H23NO8. The molecule has 0 radical (unpaired) electrons. The van der Waals surface area contributed by atoms with Gasteiger partial charge in [0.2, 0.25) is 0 Å². The highest BCUT2D eigenvalue weighted by Crippen LogP contribution is 2.38. The molecule has 1 fully saturated rings. The molecular weight excluding hydrogens is 406 g/mol. The van der Waals surface area contributed by atoms with Gasteiger partial charge in [-0.2, -0.15) is 0 Å². The summed E-state index contributed by atoms with van der Waals surface area (Å²) in [5.74, 6) is -2.44. The predicted octanol–water partition coefficient (Wildman–Crippen LogP) is 3.58. The minimum Gasteiger partial charge on any atom is -0.464 e. The number of hydrogen-bond donors (Lipinski definition) is 0. The fraction of sp³-hybridized carbons (Fsp3) is 0.364. The molecule has 1 aliphatic heterocycles. The summed E-state index contributed by atoms with van der Waals surface area (Å²) >= 11 is 0. The van der Waals surface area contributed by atoms with Crippen molar-refractivity contribution < 1.29 is 33.5 Å². The standard InChI is InChI=1S/C22H23NO8/c1-4-28-21(25)19-18(30-22(2,3)31-19)17(14-8-6-5-7-9-14)29-20(24)15-10-12-16(13-11-15)23(26)27/h5-13,17-19H,4H2,1-3H3/t17-,18+,19-/m0/s1. The lowest BCUT2D eigenvalue weighted by Gasteiger charge is -2.26. The summed E-state index contributed by atoms with van der Waals surface area (Å²) in [5.41, 5.74) is 0.573. The first-order valence-corrected chi connectivity index (χ1v) is 9.74. The number of benzene rings is 2. The van der Waals surface area contributed by atoms with Crippen molar-refractivity contribution in [2.45, 2.75) is 44.9 Å². The van der Waals surface area contributed by atoms with E-state index in [4.69, 9.17) is 18.9 Å². The van der Waals surface area contributed by atoms with Crippen LogP contribution in [0.1, 0.15) is 42.8 Å². The number of non-ortho nitro benzene ring substituents is 1. The molecule has 31 heavy (non-hydrogen) atoms. The molecule has 0 aliphatic carbocycles. The van der Waals surface area contributed by atoms with Crippen molar-refractivity contribution in [1.82, 2.24) is 0 Å². The van der Waals surface area contributed by atoms with Crippen molar-refractivity contribution in [2.24, 2.45) is 0 Å². The van der Waals surface area contributed by atoms with Crippen molar-refractivity contribution in [3.8, 4) is 0 Å². The molecule has 3 rings (SSSR count). The van der Waals surface area contributed by atoms with E-state index in [9.17, 15) is 19.7 Å². The van der Waals surface area contributed by atoms with Crippen LogP contribution in [0.2, 0.25) is 0 Å². The molecule has 0 N–H and O–H groups in total. The number of hydrogen-bond acceptors (Lipinski definition) is 8. The molecule has 0 bridgehead atoms. The zero-order chi connectivity index (χ0) is 22.6. The number of rotatable bonds is 7. The quantitative estimate of drug-likeness (QED) is 0.373. The third-order valence-corrected chi connectivity index (χ3v) is 4.62. The van der Waals surface area contributed by atoms with Gasteiger partial charge in [-0.1, -0.05) is 30.3 Å². The van der Waals surface area contributed by atoms with Gasteiger partial charge in [0, 0.05) is 12.1 Å². The largest absolute Gasteiger partial charge is 0.464 e. The third-order valence-electron chi connectivity index (χ3n) is 4.62. The number of nitro benzene ring substituents is 1. The Hall–Kier alpha value is -3.30. The molecule has 0 spiro atoms. The Bertz CT molecular complexity index is 942. The highest BCUT2D eigenvalue weighted by molar-refractivity contribution is 5.90. The SMILES string of the molecule is CCOC(=O)[C@H]1OC(C)(C)O[C@@H]1[C@@H](OC(=O)c1ccc([N+](=O)[O-])cc1)c1ccccc1. The topological polar surface area (TPSA) is 114 Å². The molecule has 164 valence electrons. The van der Waals surface area contributed by atoms with E-state index in [1.165, 1.54) is 24.3 Å². The monoisotopic (exact) mass is 429 g/mol. The van der Waals surface area contributed by atoms with E-state index in [0.29, 0.717) is 5.56 Å². The second-order valence-electron chi connectivity index (χ2n) is 7.31. The van der Waals surface area contributed by atoms with Crippen LogP contribution in [0.5, 0.6) is 0 Å². The Labute approximate surface area is 179 Å². The summed E-state index contributed by atoms with van der Waals surface area (Å²) in [7, 11) is 0. The Kier molecular flexibility index (Phi) is 6.67. The summed E-state index contributed by atoms with van der Waals surface area (Å²) in [5, 5.41) is 10.8. The summed E-state index contributed by atoms with van der Waals surface area (Å²) in [4.78, 5) is 35.6. The Morgan fingerprint density at radius 3 is 2.32 bits per heavy atom. The predicted molar refractivity (Wildman–Crippen MR) is 108 cm³/mol. The average molecular weight is 429 g/mol. The van der Waals surface area contributed by atoms with Crippen molar-refractivity contribution >= 4 is 17.6 Å². The summed E-state index contributed by atoms with van der Waals surface area (Å²) < 4.78 is 22.5. The van der Waals surface area contributed by atoms with E-state index in [1.807, 2.05) is 0 Å². The molecule has 0 unspecified atom stereocenters. The van der Waals surface area contributed by atoms with Gasteiger partial charge in [0.25, 0.3) is 5.69 Å². The van der Waals surface area contributed by atoms with Crippen LogP contribution >= 0.6 is 0 Å². The maximum Gasteiger partial charge on any atom is 0.338 e. The second kappa shape index (κ2) is 9.23. The minimum atomic E-state index is -1.11. The summed E-state index contributed by atoms with van der Waals surface area (Å²) in [6, 6.07) is 13.9. The molecule has 1 aliphatic rings. The van der Waals surface area contributed by atoms with Crippen molar-refractivity contribution in [3.05, 3.63) is 75.8 Å². The second-order valence-corrected chi connectivity index (χ2v) is 7.31. The average Bonchev–Trinajstić information content (AvgIpc) is 3.08. The third kappa shape index (κ3) is 5.25. The van der Waals surface area contributed by atoms with Gasteiger partial charge in [-0.25, -0.2) is 9.59 Å². The zero-order valence-electron chi connectivity index (χ0n) is 17.3. The van der Waals surface area contributed by atoms with Gasteiger partial charge >= 0.3 is 11.9 Å². The highest BCUT2D eigenvalue weighted by Gasteiger charge is 2.51. The van der Waals surface area contributed by atoms with Gasteiger partial charge in [0.05, 0.1) is 17.1 Å². The van der Waals surface area contributed by atoms with Gasteiger partial charge in [-0.3, -0.25) is 10.1 Å². The molecule has 2 aromatic carbocycles. The molecule has 2 aromatic rings. The van der Waals surface area contributed by atoms with Crippen LogP contribution in [0, 0.1) is 10.1 Å². The van der Waals surface area contributed by atoms with Crippen LogP contribution in [0.4, 0.5) is 5.69 Å². The molecule has 0 saturated carbocycles. The molecule has 3 atom stereocenters. The lowest BCUT2D eigenvalue weighted by atomic mass is 10.00. The zero-order valence-corrected chi connectivity index (χ0v) is 17.3. The molecule has 9 nitrogen and oxygen atoms in total. The summed E-state index contributed by atoms with van der Waals surface area (Å²) in [6.45, 7) is 5.14. The number of carbonyl (C=O) groups is 2. The molecule has 1 saturated heterocycles. The van der Waals surface area contributed by atoms with Gasteiger partial charge in [0.1, 0.15) is 6.10 Å². The minimum absolute atomic E-state index is 0.123. The van der Waals surface area contributed by atoms with E-state index in [1.54, 1.807) is 51.1 Å². The van der Waals surface area contributed by atoms with Gasteiger partial charge in [-0.15, -0.1) is 0 Å². The van der Waals surface area contributed by atoms with E-state index < -0.39 is 41.0 Å². The van der Waals surface area contributed by atoms with Crippen LogP contribution in [0.15, 0.2) is 54.6 Å². The fourth-order valence-corrected chi connectivity index (χ4v) is 3.29. The first-order valence-electron chi connectivity index (χ1n) is 9.74. The number of esters is 2. The van der Waals surface area contributed by atoms with E-state index >= 15 is 0 Å². The first kappa shape index (κ1) is 22.4. The van der Waals surface area contributed by atoms with Crippen LogP contribution in [-0.2, 0) is 23.7 Å². The van der Waals surface area contributed by atoms with E-state index in [0.717, 1.165) is 0 Å². The van der Waals surface area contributed by atoms with Crippen molar-refractivity contribution in [3.63, 3.8) is 0 Å².